The van der Waals surface area contributed by atoms with Gasteiger partial charge in [-0.3, -0.25) is 9.59 Å². The maximum atomic E-state index is 14.0. The lowest BCUT2D eigenvalue weighted by atomic mass is 9.74. The number of benzene rings is 1. The van der Waals surface area contributed by atoms with Gasteiger partial charge in [0.2, 0.25) is 11.7 Å². The van der Waals surface area contributed by atoms with Gasteiger partial charge in [0.1, 0.15) is 11.6 Å². The van der Waals surface area contributed by atoms with Gasteiger partial charge in [-0.05, 0) is 30.9 Å². The number of nitrogens with two attached hydrogens (primary N) is 1. The molecule has 142 valence electrons. The van der Waals surface area contributed by atoms with E-state index in [0.717, 1.165) is 38.1 Å². The number of aryl methyl sites for hydroxylation is 1. The topological polar surface area (TPSA) is 94.1 Å². The van der Waals surface area contributed by atoms with Crippen molar-refractivity contribution in [3.8, 4) is 0 Å². The van der Waals surface area contributed by atoms with E-state index in [9.17, 15) is 14.0 Å². The lowest BCUT2D eigenvalue weighted by molar-refractivity contribution is -0.135. The van der Waals surface area contributed by atoms with Gasteiger partial charge in [0, 0.05) is 26.1 Å². The molecule has 4 rings (SSSR count). The van der Waals surface area contributed by atoms with Gasteiger partial charge < -0.3 is 15.2 Å². The fourth-order valence-corrected chi connectivity index (χ4v) is 3.97. The molecule has 2 aromatic rings. The van der Waals surface area contributed by atoms with E-state index in [-0.39, 0.29) is 31.2 Å². The van der Waals surface area contributed by atoms with Crippen LogP contribution in [0.5, 0.6) is 0 Å². The highest BCUT2D eigenvalue weighted by atomic mass is 19.1. The van der Waals surface area contributed by atoms with E-state index in [1.54, 1.807) is 23.1 Å². The summed E-state index contributed by atoms with van der Waals surface area (Å²) in [6, 6.07) is 6.32. The van der Waals surface area contributed by atoms with E-state index >= 15 is 0 Å². The molecule has 1 aromatic carbocycles. The van der Waals surface area contributed by atoms with Gasteiger partial charge in [-0.1, -0.05) is 24.6 Å². The normalized spacial score (nSPS) is 18.3. The van der Waals surface area contributed by atoms with E-state index in [1.807, 2.05) is 4.57 Å². The molecule has 3 heterocycles. The Hall–Kier alpha value is -2.77. The fraction of sp³-hybridized carbons (Fsp3) is 0.474. The third-order valence-corrected chi connectivity index (χ3v) is 5.58. The van der Waals surface area contributed by atoms with Crippen molar-refractivity contribution >= 4 is 11.8 Å². The monoisotopic (exact) mass is 371 g/mol. The first-order valence-electron chi connectivity index (χ1n) is 9.25. The van der Waals surface area contributed by atoms with E-state index in [1.165, 1.54) is 6.07 Å². The van der Waals surface area contributed by atoms with Crippen LogP contribution in [0.3, 0.4) is 0 Å². The molecule has 0 bridgehead atoms. The second kappa shape index (κ2) is 6.75. The summed E-state index contributed by atoms with van der Waals surface area (Å²) in [6.45, 7) is 1.06. The largest absolute Gasteiger partial charge is 0.369 e. The van der Waals surface area contributed by atoms with Crippen molar-refractivity contribution in [1.29, 1.82) is 0 Å². The molecule has 7 nitrogen and oxygen atoms in total. The molecule has 0 saturated carbocycles. The number of carbonyl (C=O) groups is 2. The number of primary amides is 1. The zero-order valence-corrected chi connectivity index (χ0v) is 15.0. The average Bonchev–Trinajstić information content (AvgIpc) is 2.87. The highest BCUT2D eigenvalue weighted by Gasteiger charge is 2.51. The van der Waals surface area contributed by atoms with Crippen LogP contribution in [0.1, 0.15) is 41.3 Å². The Morgan fingerprint density at radius 1 is 1.15 bits per heavy atom. The molecule has 0 atom stereocenters. The van der Waals surface area contributed by atoms with Gasteiger partial charge in [0.05, 0.1) is 5.41 Å². The van der Waals surface area contributed by atoms with Crippen molar-refractivity contribution in [3.63, 3.8) is 0 Å². The minimum Gasteiger partial charge on any atom is -0.369 e. The number of nitrogens with zero attached hydrogens (tertiary/aromatic N) is 4. The maximum Gasteiger partial charge on any atom is 0.291 e. The summed E-state index contributed by atoms with van der Waals surface area (Å²) < 4.78 is 15.9. The Kier molecular flexibility index (Phi) is 4.41. The first-order chi connectivity index (χ1) is 13.0. The lowest BCUT2D eigenvalue weighted by Crippen LogP contribution is -2.65. The van der Waals surface area contributed by atoms with Crippen LogP contribution in [-0.2, 0) is 24.2 Å². The molecule has 2 aliphatic rings. The van der Waals surface area contributed by atoms with Crippen molar-refractivity contribution in [2.45, 2.75) is 38.6 Å². The van der Waals surface area contributed by atoms with Crippen molar-refractivity contribution in [1.82, 2.24) is 19.7 Å². The number of likely N-dealkylation sites (tertiary alicyclic amines) is 1. The second-order valence-electron chi connectivity index (χ2n) is 7.48. The van der Waals surface area contributed by atoms with Gasteiger partial charge in [0.15, 0.2) is 0 Å². The van der Waals surface area contributed by atoms with E-state index in [0.29, 0.717) is 11.4 Å². The van der Waals surface area contributed by atoms with Crippen molar-refractivity contribution < 1.29 is 14.0 Å². The maximum absolute atomic E-state index is 14.0. The average molecular weight is 371 g/mol. The molecule has 0 spiro atoms. The van der Waals surface area contributed by atoms with Crippen LogP contribution in [0, 0.1) is 11.2 Å². The molecular formula is C19H22FN5O2. The van der Waals surface area contributed by atoms with Gasteiger partial charge in [-0.15, -0.1) is 10.2 Å². The number of hydrogen-bond acceptors (Lipinski definition) is 4. The highest BCUT2D eigenvalue weighted by Crippen LogP contribution is 2.35. The quantitative estimate of drug-likeness (QED) is 0.877. The molecule has 0 radical (unpaired) electrons. The van der Waals surface area contributed by atoms with Crippen LogP contribution in [0.25, 0.3) is 0 Å². The first-order valence-corrected chi connectivity index (χ1v) is 9.25. The summed E-state index contributed by atoms with van der Waals surface area (Å²) in [5.74, 6) is 0.0152. The highest BCUT2D eigenvalue weighted by molar-refractivity contribution is 5.94. The summed E-state index contributed by atoms with van der Waals surface area (Å²) >= 11 is 0. The Morgan fingerprint density at radius 2 is 1.93 bits per heavy atom. The minimum atomic E-state index is -0.945. The molecule has 1 saturated heterocycles. The molecule has 1 aromatic heterocycles. The number of carbonyl (C=O) groups excluding carboxylic acids is 2. The van der Waals surface area contributed by atoms with Gasteiger partial charge in [-0.2, -0.15) is 0 Å². The molecule has 0 aliphatic carbocycles. The lowest BCUT2D eigenvalue weighted by Gasteiger charge is -2.47. The van der Waals surface area contributed by atoms with Gasteiger partial charge in [0.25, 0.3) is 5.91 Å². The minimum absolute atomic E-state index is 0.164. The predicted molar refractivity (Wildman–Crippen MR) is 95.2 cm³/mol. The van der Waals surface area contributed by atoms with Crippen LogP contribution in [-0.4, -0.2) is 44.6 Å². The molecule has 2 aliphatic heterocycles. The van der Waals surface area contributed by atoms with Crippen LogP contribution in [0.15, 0.2) is 24.3 Å². The number of halogens is 1. The summed E-state index contributed by atoms with van der Waals surface area (Å²) in [6.07, 6.45) is 4.14. The molecule has 8 heteroatoms. The number of fused-ring (bicyclic) bond motifs is 1. The summed E-state index contributed by atoms with van der Waals surface area (Å²) in [5, 5.41) is 8.23. The third-order valence-electron chi connectivity index (χ3n) is 5.58. The van der Waals surface area contributed by atoms with Crippen molar-refractivity contribution in [2.24, 2.45) is 11.1 Å². The number of hydrogen-bond donors (Lipinski definition) is 1. The Morgan fingerprint density at radius 3 is 2.67 bits per heavy atom. The van der Waals surface area contributed by atoms with Crippen LogP contribution in [0.2, 0.25) is 0 Å². The Labute approximate surface area is 156 Å². The molecule has 2 amide bonds. The van der Waals surface area contributed by atoms with Crippen LogP contribution < -0.4 is 5.73 Å². The van der Waals surface area contributed by atoms with Gasteiger partial charge in [-0.25, -0.2) is 4.39 Å². The molecule has 27 heavy (non-hydrogen) atoms. The Bertz CT molecular complexity index is 888. The van der Waals surface area contributed by atoms with Crippen molar-refractivity contribution in [3.05, 3.63) is 47.3 Å². The number of aromatic nitrogens is 3. The van der Waals surface area contributed by atoms with E-state index in [4.69, 9.17) is 5.73 Å². The molecule has 0 unspecified atom stereocenters. The molecular weight excluding hydrogens is 349 g/mol. The smallest absolute Gasteiger partial charge is 0.291 e. The summed E-state index contributed by atoms with van der Waals surface area (Å²) in [5.41, 5.74) is 5.10. The van der Waals surface area contributed by atoms with Gasteiger partial charge >= 0.3 is 0 Å². The molecule has 1 fully saturated rings. The first kappa shape index (κ1) is 17.6. The van der Waals surface area contributed by atoms with E-state index in [2.05, 4.69) is 10.2 Å². The third kappa shape index (κ3) is 3.09. The number of amides is 2. The van der Waals surface area contributed by atoms with E-state index < -0.39 is 11.3 Å². The number of rotatable bonds is 4. The molecule has 2 N–H and O–H groups in total. The zero-order valence-electron chi connectivity index (χ0n) is 15.0. The second-order valence-corrected chi connectivity index (χ2v) is 7.48. The van der Waals surface area contributed by atoms with Crippen molar-refractivity contribution in [2.75, 3.05) is 13.1 Å². The zero-order chi connectivity index (χ0) is 19.0. The standard InChI is InChI=1S/C19H22FN5O2/c20-14-7-4-3-6-13(14)10-19(18(21)27)11-24(12-19)17(26)16-23-22-15-8-2-1-5-9-25(15)16/h3-4,6-7H,1-2,5,8-12H2,(H2,21,27). The fourth-order valence-electron chi connectivity index (χ4n) is 3.97. The Balaban J connectivity index is 1.51. The SMILES string of the molecule is NC(=O)C1(Cc2ccccc2F)CN(C(=O)c2nnc3n2CCCCC3)C1. The van der Waals surface area contributed by atoms with Crippen LogP contribution in [0.4, 0.5) is 4.39 Å². The predicted octanol–water partition coefficient (Wildman–Crippen LogP) is 1.31. The van der Waals surface area contributed by atoms with Crippen LogP contribution >= 0.6 is 0 Å². The summed E-state index contributed by atoms with van der Waals surface area (Å²) in [4.78, 5) is 26.5. The summed E-state index contributed by atoms with van der Waals surface area (Å²) in [7, 11) is 0.